The summed E-state index contributed by atoms with van der Waals surface area (Å²) in [7, 11) is 0. The number of carbonyl (C=O) groups excluding carboxylic acids is 2. The van der Waals surface area contributed by atoms with E-state index in [1.165, 1.54) is 0 Å². The van der Waals surface area contributed by atoms with E-state index < -0.39 is 11.5 Å². The molecule has 0 saturated carbocycles. The highest BCUT2D eigenvalue weighted by molar-refractivity contribution is 5.95. The highest BCUT2D eigenvalue weighted by Crippen LogP contribution is 2.28. The van der Waals surface area contributed by atoms with E-state index in [1.54, 1.807) is 13.0 Å². The first-order chi connectivity index (χ1) is 14.0. The van der Waals surface area contributed by atoms with E-state index in [-0.39, 0.29) is 23.7 Å². The standard InChI is InChI=1S/C21H29N3O5/c1-14-13-17(16-5-4-12-28-16)29-20(26)18(14)19(25)22-15-6-10-24(11-7-15)21(27)23-8-2-3-9-23/h13,15-16H,2-12H2,1H3,(H,22,25). The number of hydrogen-bond donors (Lipinski definition) is 1. The molecular weight excluding hydrogens is 374 g/mol. The molecule has 0 bridgehead atoms. The van der Waals surface area contributed by atoms with Crippen LogP contribution in [0.3, 0.4) is 0 Å². The van der Waals surface area contributed by atoms with Crippen LogP contribution >= 0.6 is 0 Å². The smallest absolute Gasteiger partial charge is 0.349 e. The molecule has 0 radical (unpaired) electrons. The molecule has 3 amide bonds. The summed E-state index contributed by atoms with van der Waals surface area (Å²) in [4.78, 5) is 41.4. The molecule has 1 N–H and O–H groups in total. The molecule has 4 rings (SSSR count). The molecule has 3 aliphatic heterocycles. The molecule has 3 fully saturated rings. The zero-order chi connectivity index (χ0) is 20.4. The number of piperidine rings is 1. The minimum atomic E-state index is -0.616. The van der Waals surface area contributed by atoms with Gasteiger partial charge in [-0.25, -0.2) is 9.59 Å². The predicted octanol–water partition coefficient (Wildman–Crippen LogP) is 2.21. The first-order valence-corrected chi connectivity index (χ1v) is 10.6. The highest BCUT2D eigenvalue weighted by atomic mass is 16.5. The second-order valence-electron chi connectivity index (χ2n) is 8.21. The molecule has 3 saturated heterocycles. The average Bonchev–Trinajstić information content (AvgIpc) is 3.41. The second kappa shape index (κ2) is 8.57. The van der Waals surface area contributed by atoms with Gasteiger partial charge in [0.15, 0.2) is 0 Å². The highest BCUT2D eigenvalue weighted by Gasteiger charge is 2.30. The van der Waals surface area contributed by atoms with Crippen molar-refractivity contribution in [3.63, 3.8) is 0 Å². The normalized spacial score (nSPS) is 22.9. The van der Waals surface area contributed by atoms with Crippen molar-refractivity contribution in [1.82, 2.24) is 15.1 Å². The van der Waals surface area contributed by atoms with Crippen molar-refractivity contribution in [1.29, 1.82) is 0 Å². The van der Waals surface area contributed by atoms with E-state index >= 15 is 0 Å². The van der Waals surface area contributed by atoms with Crippen molar-refractivity contribution >= 4 is 11.9 Å². The molecule has 1 atom stereocenters. The summed E-state index contributed by atoms with van der Waals surface area (Å²) >= 11 is 0. The Balaban J connectivity index is 1.35. The van der Waals surface area contributed by atoms with E-state index in [1.807, 2.05) is 9.80 Å². The topological polar surface area (TPSA) is 92.1 Å². The van der Waals surface area contributed by atoms with E-state index in [4.69, 9.17) is 9.15 Å². The van der Waals surface area contributed by atoms with E-state index in [0.717, 1.165) is 38.8 Å². The molecule has 29 heavy (non-hydrogen) atoms. The SMILES string of the molecule is Cc1cc(C2CCCO2)oc(=O)c1C(=O)NC1CCN(C(=O)N2CCCC2)CC1. The van der Waals surface area contributed by atoms with Gasteiger partial charge in [0.05, 0.1) is 0 Å². The van der Waals surface area contributed by atoms with Crippen molar-refractivity contribution in [2.24, 2.45) is 0 Å². The number of aryl methyl sites for hydroxylation is 1. The molecular formula is C21H29N3O5. The molecule has 8 heteroatoms. The fourth-order valence-electron chi connectivity index (χ4n) is 4.45. The number of carbonyl (C=O) groups is 2. The van der Waals surface area contributed by atoms with E-state index in [0.29, 0.717) is 43.9 Å². The second-order valence-corrected chi connectivity index (χ2v) is 8.21. The third-order valence-corrected chi connectivity index (χ3v) is 6.12. The van der Waals surface area contributed by atoms with Crippen LogP contribution in [0.4, 0.5) is 4.79 Å². The van der Waals surface area contributed by atoms with Crippen LogP contribution < -0.4 is 10.9 Å². The van der Waals surface area contributed by atoms with Gasteiger partial charge in [-0.2, -0.15) is 0 Å². The molecule has 158 valence electrons. The lowest BCUT2D eigenvalue weighted by Crippen LogP contribution is -2.50. The van der Waals surface area contributed by atoms with Crippen molar-refractivity contribution in [3.8, 4) is 0 Å². The molecule has 3 aliphatic rings. The van der Waals surface area contributed by atoms with Crippen LogP contribution in [0.5, 0.6) is 0 Å². The summed E-state index contributed by atoms with van der Waals surface area (Å²) < 4.78 is 11.0. The Labute approximate surface area is 170 Å². The van der Waals surface area contributed by atoms with Gasteiger partial charge in [0.25, 0.3) is 5.91 Å². The van der Waals surface area contributed by atoms with Crippen LogP contribution in [-0.2, 0) is 4.74 Å². The number of urea groups is 1. The maximum Gasteiger partial charge on any atom is 0.349 e. The summed E-state index contributed by atoms with van der Waals surface area (Å²) in [6, 6.07) is 1.79. The summed E-state index contributed by atoms with van der Waals surface area (Å²) in [5, 5.41) is 2.95. The summed E-state index contributed by atoms with van der Waals surface area (Å²) in [5.41, 5.74) is 0.0443. The fourth-order valence-corrected chi connectivity index (χ4v) is 4.45. The van der Waals surface area contributed by atoms with Crippen LogP contribution in [0.2, 0.25) is 0 Å². The zero-order valence-electron chi connectivity index (χ0n) is 16.9. The van der Waals surface area contributed by atoms with E-state index in [2.05, 4.69) is 5.32 Å². The van der Waals surface area contributed by atoms with Crippen molar-refractivity contribution in [3.05, 3.63) is 33.4 Å². The van der Waals surface area contributed by atoms with Gasteiger partial charge in [-0.3, -0.25) is 4.79 Å². The molecule has 0 spiro atoms. The summed E-state index contributed by atoms with van der Waals surface area (Å²) in [6.45, 7) is 5.33. The van der Waals surface area contributed by atoms with Gasteiger partial charge in [0.1, 0.15) is 17.4 Å². The molecule has 4 heterocycles. The minimum absolute atomic E-state index is 0.0539. The van der Waals surface area contributed by atoms with Gasteiger partial charge in [-0.15, -0.1) is 0 Å². The Morgan fingerprint density at radius 2 is 1.72 bits per heavy atom. The first-order valence-electron chi connectivity index (χ1n) is 10.6. The third-order valence-electron chi connectivity index (χ3n) is 6.12. The molecule has 8 nitrogen and oxygen atoms in total. The Hall–Kier alpha value is -2.35. The van der Waals surface area contributed by atoms with Crippen LogP contribution in [0.15, 0.2) is 15.3 Å². The van der Waals surface area contributed by atoms with Gasteiger partial charge >= 0.3 is 11.7 Å². The van der Waals surface area contributed by atoms with Gasteiger partial charge < -0.3 is 24.3 Å². The number of rotatable bonds is 3. The molecule has 1 aromatic rings. The minimum Gasteiger partial charge on any atom is -0.424 e. The lowest BCUT2D eigenvalue weighted by molar-refractivity contribution is 0.0868. The number of ether oxygens (including phenoxy) is 1. The van der Waals surface area contributed by atoms with Gasteiger partial charge in [0, 0.05) is 38.8 Å². The van der Waals surface area contributed by atoms with Gasteiger partial charge in [-0.05, 0) is 57.1 Å². The number of likely N-dealkylation sites (tertiary alicyclic amines) is 2. The Morgan fingerprint density at radius 1 is 1.03 bits per heavy atom. The summed E-state index contributed by atoms with van der Waals surface area (Å²) in [6.07, 6.45) is 5.08. The first kappa shape index (κ1) is 19.9. The average molecular weight is 403 g/mol. The molecule has 1 unspecified atom stereocenters. The molecule has 0 aliphatic carbocycles. The van der Waals surface area contributed by atoms with Crippen molar-refractivity contribution in [2.75, 3.05) is 32.8 Å². The summed E-state index contributed by atoms with van der Waals surface area (Å²) in [5.74, 6) is 0.0924. The van der Waals surface area contributed by atoms with Crippen LogP contribution in [0, 0.1) is 6.92 Å². The largest absolute Gasteiger partial charge is 0.424 e. The van der Waals surface area contributed by atoms with Gasteiger partial charge in [0.2, 0.25) is 0 Å². The van der Waals surface area contributed by atoms with Crippen molar-refractivity contribution in [2.45, 2.75) is 57.6 Å². The maximum atomic E-state index is 12.7. The van der Waals surface area contributed by atoms with Crippen molar-refractivity contribution < 1.29 is 18.7 Å². The van der Waals surface area contributed by atoms with Crippen LogP contribution in [0.25, 0.3) is 0 Å². The van der Waals surface area contributed by atoms with Crippen LogP contribution in [0.1, 0.15) is 66.3 Å². The lowest BCUT2D eigenvalue weighted by Gasteiger charge is -2.34. The number of hydrogen-bond acceptors (Lipinski definition) is 5. The predicted molar refractivity (Wildman–Crippen MR) is 106 cm³/mol. The monoisotopic (exact) mass is 403 g/mol. The lowest BCUT2D eigenvalue weighted by atomic mass is 10.0. The molecule has 0 aromatic carbocycles. The Morgan fingerprint density at radius 3 is 2.34 bits per heavy atom. The quantitative estimate of drug-likeness (QED) is 0.835. The Kier molecular flexibility index (Phi) is 5.89. The number of nitrogens with zero attached hydrogens (tertiary/aromatic N) is 2. The van der Waals surface area contributed by atoms with Gasteiger partial charge in [-0.1, -0.05) is 0 Å². The fraction of sp³-hybridized carbons (Fsp3) is 0.667. The van der Waals surface area contributed by atoms with Crippen LogP contribution in [-0.4, -0.2) is 60.6 Å². The maximum absolute atomic E-state index is 12.7. The number of amides is 3. The molecule has 1 aromatic heterocycles. The zero-order valence-corrected chi connectivity index (χ0v) is 16.9. The number of nitrogens with one attached hydrogen (secondary N) is 1. The third kappa shape index (κ3) is 4.32. The Bertz CT molecular complexity index is 816. The van der Waals surface area contributed by atoms with E-state index in [9.17, 15) is 14.4 Å².